The number of unbranched alkanes of at least 4 members (excludes halogenated alkanes) is 1. The molecule has 0 bridgehead atoms. The summed E-state index contributed by atoms with van der Waals surface area (Å²) in [5.41, 5.74) is 4.36. The van der Waals surface area contributed by atoms with Crippen molar-refractivity contribution in [3.05, 3.63) is 29.3 Å². The lowest BCUT2D eigenvalue weighted by molar-refractivity contribution is -0.116. The smallest absolute Gasteiger partial charge is 0.356 e. The molecule has 164 valence electrons. The Balaban J connectivity index is 2.46. The van der Waals surface area contributed by atoms with Crippen molar-refractivity contribution in [2.75, 3.05) is 11.9 Å². The molecule has 0 heterocycles. The Hall–Kier alpha value is -1.97. The van der Waals surface area contributed by atoms with E-state index in [1.165, 1.54) is 0 Å². The summed E-state index contributed by atoms with van der Waals surface area (Å²) in [5.74, 6) is -0.652. The molecule has 9 heteroatoms. The average molecular weight is 428 g/mol. The molecule has 0 radical (unpaired) electrons. The van der Waals surface area contributed by atoms with Crippen LogP contribution >= 0.6 is 0 Å². The van der Waals surface area contributed by atoms with Gasteiger partial charge in [0.15, 0.2) is 0 Å². The van der Waals surface area contributed by atoms with Crippen LogP contribution in [0.2, 0.25) is 0 Å². The first kappa shape index (κ1) is 25.1. The second kappa shape index (κ2) is 10.7. The molecular weight excluding hydrogens is 394 g/mol. The number of sulfonamides is 1. The molecular formula is C20H33N3O5S. The quantitative estimate of drug-likeness (QED) is 0.391. The summed E-state index contributed by atoms with van der Waals surface area (Å²) in [6, 6.07) is 4.92. The minimum atomic E-state index is -3.37. The SMILES string of the molecule is Cc1cc(C(=O)ONC(C)C)ccc1NC(=O)CCCCNS(=O)(=O)C(C)(C)C. The molecule has 8 nitrogen and oxygen atoms in total. The van der Waals surface area contributed by atoms with Gasteiger partial charge in [0, 0.05) is 24.7 Å². The third-order valence-corrected chi connectivity index (χ3v) is 6.25. The molecule has 0 saturated heterocycles. The van der Waals surface area contributed by atoms with Crippen molar-refractivity contribution >= 4 is 27.6 Å². The molecule has 1 rings (SSSR count). The number of hydrogen-bond acceptors (Lipinski definition) is 6. The van der Waals surface area contributed by atoms with Gasteiger partial charge in [0.25, 0.3) is 0 Å². The van der Waals surface area contributed by atoms with Crippen LogP contribution in [0.15, 0.2) is 18.2 Å². The average Bonchev–Trinajstić information content (AvgIpc) is 2.60. The number of carbonyl (C=O) groups excluding carboxylic acids is 2. The lowest BCUT2D eigenvalue weighted by Crippen LogP contribution is -2.39. The van der Waals surface area contributed by atoms with E-state index in [-0.39, 0.29) is 18.4 Å². The minimum absolute atomic E-state index is 0.0161. The molecule has 0 fully saturated rings. The highest BCUT2D eigenvalue weighted by Gasteiger charge is 2.27. The molecule has 0 spiro atoms. The molecule has 0 aromatic heterocycles. The van der Waals surface area contributed by atoms with Gasteiger partial charge >= 0.3 is 5.97 Å². The zero-order valence-electron chi connectivity index (χ0n) is 18.1. The molecule has 0 unspecified atom stereocenters. The highest BCUT2D eigenvalue weighted by molar-refractivity contribution is 7.90. The van der Waals surface area contributed by atoms with Crippen molar-refractivity contribution in [3.63, 3.8) is 0 Å². The molecule has 0 aliphatic heterocycles. The van der Waals surface area contributed by atoms with E-state index in [1.807, 2.05) is 13.8 Å². The number of amides is 1. The summed E-state index contributed by atoms with van der Waals surface area (Å²) in [5, 5.41) is 2.81. The van der Waals surface area contributed by atoms with E-state index in [4.69, 9.17) is 4.84 Å². The van der Waals surface area contributed by atoms with Gasteiger partial charge < -0.3 is 10.2 Å². The molecule has 1 aromatic rings. The number of anilines is 1. The van der Waals surface area contributed by atoms with Crippen LogP contribution in [0.4, 0.5) is 5.69 Å². The van der Waals surface area contributed by atoms with Crippen LogP contribution in [0.1, 0.15) is 69.8 Å². The van der Waals surface area contributed by atoms with E-state index >= 15 is 0 Å². The Morgan fingerprint density at radius 1 is 1.14 bits per heavy atom. The van der Waals surface area contributed by atoms with Gasteiger partial charge in [0.05, 0.1) is 10.3 Å². The summed E-state index contributed by atoms with van der Waals surface area (Å²) >= 11 is 0. The zero-order chi connectivity index (χ0) is 22.2. The Labute approximate surface area is 173 Å². The molecule has 0 aliphatic carbocycles. The number of carbonyl (C=O) groups is 2. The maximum atomic E-state index is 12.1. The zero-order valence-corrected chi connectivity index (χ0v) is 18.9. The number of benzene rings is 1. The monoisotopic (exact) mass is 427 g/mol. The predicted molar refractivity (Wildman–Crippen MR) is 114 cm³/mol. The van der Waals surface area contributed by atoms with Crippen LogP contribution in [0.3, 0.4) is 0 Å². The predicted octanol–water partition coefficient (Wildman–Crippen LogP) is 2.89. The Bertz CT molecular complexity index is 814. The first-order valence-electron chi connectivity index (χ1n) is 9.70. The maximum Gasteiger partial charge on any atom is 0.356 e. The van der Waals surface area contributed by atoms with Crippen LogP contribution in [0, 0.1) is 6.92 Å². The Morgan fingerprint density at radius 3 is 2.34 bits per heavy atom. The topological polar surface area (TPSA) is 114 Å². The normalized spacial score (nSPS) is 12.1. The van der Waals surface area contributed by atoms with Crippen molar-refractivity contribution in [2.24, 2.45) is 0 Å². The highest BCUT2D eigenvalue weighted by atomic mass is 32.2. The summed E-state index contributed by atoms with van der Waals surface area (Å²) in [6.45, 7) is 10.7. The van der Waals surface area contributed by atoms with Crippen molar-refractivity contribution < 1.29 is 22.8 Å². The number of aryl methyl sites for hydroxylation is 1. The minimum Gasteiger partial charge on any atom is -0.366 e. The van der Waals surface area contributed by atoms with E-state index in [0.29, 0.717) is 30.6 Å². The number of hydrogen-bond donors (Lipinski definition) is 3. The van der Waals surface area contributed by atoms with Crippen molar-refractivity contribution in [1.29, 1.82) is 0 Å². The van der Waals surface area contributed by atoms with Gasteiger partial charge in [-0.25, -0.2) is 17.9 Å². The lowest BCUT2D eigenvalue weighted by atomic mass is 10.1. The second-order valence-electron chi connectivity index (χ2n) is 8.21. The van der Waals surface area contributed by atoms with Crippen molar-refractivity contribution in [1.82, 2.24) is 10.2 Å². The van der Waals surface area contributed by atoms with E-state index in [0.717, 1.165) is 5.56 Å². The summed E-state index contributed by atoms with van der Waals surface area (Å²) in [7, 11) is -3.37. The molecule has 1 aromatic carbocycles. The lowest BCUT2D eigenvalue weighted by Gasteiger charge is -2.19. The molecule has 0 atom stereocenters. The van der Waals surface area contributed by atoms with Gasteiger partial charge in [0.1, 0.15) is 0 Å². The third kappa shape index (κ3) is 8.51. The third-order valence-electron chi connectivity index (χ3n) is 4.05. The highest BCUT2D eigenvalue weighted by Crippen LogP contribution is 2.18. The fourth-order valence-corrected chi connectivity index (χ4v) is 3.05. The van der Waals surface area contributed by atoms with Crippen LogP contribution in [0.25, 0.3) is 0 Å². The number of rotatable bonds is 10. The fourth-order valence-electron chi connectivity index (χ4n) is 2.21. The van der Waals surface area contributed by atoms with Crippen LogP contribution in [-0.2, 0) is 19.7 Å². The number of hydroxylamine groups is 1. The van der Waals surface area contributed by atoms with Crippen molar-refractivity contribution in [2.45, 2.75) is 71.6 Å². The summed E-state index contributed by atoms with van der Waals surface area (Å²) in [4.78, 5) is 29.0. The number of nitrogens with one attached hydrogen (secondary N) is 3. The molecule has 1 amide bonds. The molecule has 0 aliphatic rings. The van der Waals surface area contributed by atoms with Gasteiger partial charge in [-0.05, 0) is 78.1 Å². The van der Waals surface area contributed by atoms with E-state index < -0.39 is 20.7 Å². The van der Waals surface area contributed by atoms with Crippen LogP contribution in [-0.4, -0.2) is 37.6 Å². The Kier molecular flexibility index (Phi) is 9.25. The molecule has 0 saturated carbocycles. The Morgan fingerprint density at radius 2 is 1.79 bits per heavy atom. The first-order valence-corrected chi connectivity index (χ1v) is 11.2. The maximum absolute atomic E-state index is 12.1. The van der Waals surface area contributed by atoms with Gasteiger partial charge in [-0.15, -0.1) is 0 Å². The fraction of sp³-hybridized carbons (Fsp3) is 0.600. The van der Waals surface area contributed by atoms with E-state index in [9.17, 15) is 18.0 Å². The largest absolute Gasteiger partial charge is 0.366 e. The van der Waals surface area contributed by atoms with Gasteiger partial charge in [-0.2, -0.15) is 5.48 Å². The van der Waals surface area contributed by atoms with E-state index in [2.05, 4.69) is 15.5 Å². The van der Waals surface area contributed by atoms with Gasteiger partial charge in [0.2, 0.25) is 15.9 Å². The van der Waals surface area contributed by atoms with E-state index in [1.54, 1.807) is 45.9 Å². The van der Waals surface area contributed by atoms with Gasteiger partial charge in [-0.3, -0.25) is 4.79 Å². The first-order chi connectivity index (χ1) is 13.3. The van der Waals surface area contributed by atoms with Crippen LogP contribution in [0.5, 0.6) is 0 Å². The summed E-state index contributed by atoms with van der Waals surface area (Å²) in [6.07, 6.45) is 1.40. The molecule has 3 N–H and O–H groups in total. The molecule has 29 heavy (non-hydrogen) atoms. The second-order valence-corrected chi connectivity index (χ2v) is 10.7. The van der Waals surface area contributed by atoms with Crippen LogP contribution < -0.4 is 15.5 Å². The van der Waals surface area contributed by atoms with Gasteiger partial charge in [-0.1, -0.05) is 0 Å². The standard InChI is InChI=1S/C20H33N3O5S/c1-14(2)23-28-19(25)16-10-11-17(15(3)13-16)22-18(24)9-7-8-12-21-29(26,27)20(4,5)6/h10-11,13-14,21,23H,7-9,12H2,1-6H3,(H,22,24). The van der Waals surface area contributed by atoms with Crippen molar-refractivity contribution in [3.8, 4) is 0 Å². The summed E-state index contributed by atoms with van der Waals surface area (Å²) < 4.78 is 25.6.